The van der Waals surface area contributed by atoms with Crippen LogP contribution in [-0.4, -0.2) is 47.4 Å². The van der Waals surface area contributed by atoms with Crippen LogP contribution in [0.15, 0.2) is 18.2 Å². The van der Waals surface area contributed by atoms with Crippen molar-refractivity contribution in [1.29, 1.82) is 0 Å². The summed E-state index contributed by atoms with van der Waals surface area (Å²) < 4.78 is 0. The van der Waals surface area contributed by atoms with Crippen LogP contribution in [-0.2, 0) is 9.59 Å². The lowest BCUT2D eigenvalue weighted by Crippen LogP contribution is -2.48. The van der Waals surface area contributed by atoms with Crippen LogP contribution in [0.3, 0.4) is 0 Å². The van der Waals surface area contributed by atoms with Gasteiger partial charge >= 0.3 is 5.97 Å². The van der Waals surface area contributed by atoms with Crippen molar-refractivity contribution < 1.29 is 19.5 Å². The van der Waals surface area contributed by atoms with Gasteiger partial charge in [-0.3, -0.25) is 14.4 Å². The molecule has 1 heterocycles. The smallest absolute Gasteiger partial charge is 0.309 e. The fourth-order valence-electron chi connectivity index (χ4n) is 2.47. The second-order valence-corrected chi connectivity index (χ2v) is 6.87. The number of hydrogen-bond acceptors (Lipinski definition) is 3. The highest BCUT2D eigenvalue weighted by Crippen LogP contribution is 2.31. The van der Waals surface area contributed by atoms with E-state index in [1.807, 2.05) is 0 Å². The molecule has 130 valence electrons. The van der Waals surface area contributed by atoms with Crippen LogP contribution in [0.25, 0.3) is 0 Å². The SMILES string of the molecule is CC1(C(=O)O)CCN(C(=O)CNC(=O)c2ccc(Cl)c(Cl)c2)CC1. The van der Waals surface area contributed by atoms with E-state index in [1.54, 1.807) is 11.8 Å². The molecule has 2 amide bonds. The highest BCUT2D eigenvalue weighted by Gasteiger charge is 2.37. The van der Waals surface area contributed by atoms with Crippen LogP contribution >= 0.6 is 23.2 Å². The van der Waals surface area contributed by atoms with E-state index >= 15 is 0 Å². The summed E-state index contributed by atoms with van der Waals surface area (Å²) >= 11 is 11.7. The van der Waals surface area contributed by atoms with Gasteiger partial charge in [0.1, 0.15) is 0 Å². The molecule has 0 spiro atoms. The molecule has 1 aromatic rings. The number of carbonyl (C=O) groups excluding carboxylic acids is 2. The highest BCUT2D eigenvalue weighted by molar-refractivity contribution is 6.42. The third-order valence-corrected chi connectivity index (χ3v) is 5.06. The third kappa shape index (κ3) is 4.19. The minimum Gasteiger partial charge on any atom is -0.481 e. The third-order valence-electron chi connectivity index (χ3n) is 4.32. The Labute approximate surface area is 149 Å². The number of nitrogens with one attached hydrogen (secondary N) is 1. The monoisotopic (exact) mass is 372 g/mol. The lowest BCUT2D eigenvalue weighted by Gasteiger charge is -2.36. The Morgan fingerprint density at radius 3 is 2.38 bits per heavy atom. The first-order chi connectivity index (χ1) is 11.2. The topological polar surface area (TPSA) is 86.7 Å². The fraction of sp³-hybridized carbons (Fsp3) is 0.438. The lowest BCUT2D eigenvalue weighted by molar-refractivity contribution is -0.152. The van der Waals surface area contributed by atoms with Crippen molar-refractivity contribution in [3.63, 3.8) is 0 Å². The summed E-state index contributed by atoms with van der Waals surface area (Å²) in [5.74, 6) is -1.51. The zero-order valence-electron chi connectivity index (χ0n) is 13.1. The summed E-state index contributed by atoms with van der Waals surface area (Å²) in [7, 11) is 0. The van der Waals surface area contributed by atoms with Crippen molar-refractivity contribution in [3.05, 3.63) is 33.8 Å². The van der Waals surface area contributed by atoms with E-state index in [0.29, 0.717) is 36.5 Å². The van der Waals surface area contributed by atoms with E-state index < -0.39 is 17.3 Å². The van der Waals surface area contributed by atoms with Gasteiger partial charge in [-0.2, -0.15) is 0 Å². The van der Waals surface area contributed by atoms with Crippen LogP contribution in [0, 0.1) is 5.41 Å². The molecule has 0 saturated carbocycles. The normalized spacial score (nSPS) is 16.5. The van der Waals surface area contributed by atoms with E-state index in [4.69, 9.17) is 23.2 Å². The van der Waals surface area contributed by atoms with Gasteiger partial charge in [-0.05, 0) is 38.0 Å². The molecule has 0 unspecified atom stereocenters. The van der Waals surface area contributed by atoms with Gasteiger partial charge in [-0.15, -0.1) is 0 Å². The molecule has 8 heteroatoms. The summed E-state index contributed by atoms with van der Waals surface area (Å²) in [5.41, 5.74) is -0.477. The quantitative estimate of drug-likeness (QED) is 0.849. The van der Waals surface area contributed by atoms with E-state index in [1.165, 1.54) is 18.2 Å². The molecule has 0 radical (unpaired) electrons. The standard InChI is InChI=1S/C16H18Cl2N2O4/c1-16(15(23)24)4-6-20(7-5-16)13(21)9-19-14(22)10-2-3-11(17)12(18)8-10/h2-3,8H,4-7,9H2,1H3,(H,19,22)(H,23,24). The van der Waals surface area contributed by atoms with Gasteiger partial charge in [0.15, 0.2) is 0 Å². The average molecular weight is 373 g/mol. The van der Waals surface area contributed by atoms with Crippen molar-refractivity contribution in [2.24, 2.45) is 5.41 Å². The molecule has 1 aliphatic rings. The Morgan fingerprint density at radius 1 is 1.21 bits per heavy atom. The number of nitrogens with zero attached hydrogens (tertiary/aromatic N) is 1. The molecule has 24 heavy (non-hydrogen) atoms. The number of rotatable bonds is 4. The largest absolute Gasteiger partial charge is 0.481 e. The van der Waals surface area contributed by atoms with Crippen LogP contribution in [0.1, 0.15) is 30.1 Å². The van der Waals surface area contributed by atoms with Crippen molar-refractivity contribution in [2.45, 2.75) is 19.8 Å². The van der Waals surface area contributed by atoms with Crippen LogP contribution in [0.4, 0.5) is 0 Å². The number of aliphatic carboxylic acids is 1. The van der Waals surface area contributed by atoms with E-state index in [9.17, 15) is 19.5 Å². The second kappa shape index (κ2) is 7.40. The first kappa shape index (κ1) is 18.5. The maximum Gasteiger partial charge on any atom is 0.309 e. The number of carboxylic acids is 1. The molecule has 6 nitrogen and oxygen atoms in total. The molecule has 1 fully saturated rings. The predicted octanol–water partition coefficient (Wildman–Crippen LogP) is 2.44. The Hall–Kier alpha value is -1.79. The molecule has 1 aliphatic heterocycles. The summed E-state index contributed by atoms with van der Waals surface area (Å²) in [6.07, 6.45) is 0.795. The number of carbonyl (C=O) groups is 3. The number of benzene rings is 1. The Kier molecular flexibility index (Phi) is 5.72. The van der Waals surface area contributed by atoms with Crippen molar-refractivity contribution >= 4 is 41.0 Å². The molecule has 1 aromatic carbocycles. The molecule has 0 aromatic heterocycles. The molecule has 2 N–H and O–H groups in total. The number of carboxylic acid groups (broad SMARTS) is 1. The summed E-state index contributed by atoms with van der Waals surface area (Å²) in [6, 6.07) is 4.47. The van der Waals surface area contributed by atoms with Crippen LogP contribution in [0.2, 0.25) is 10.0 Å². The van der Waals surface area contributed by atoms with Gasteiger partial charge in [-0.1, -0.05) is 23.2 Å². The molecule has 0 aliphatic carbocycles. The van der Waals surface area contributed by atoms with Gasteiger partial charge in [0.05, 0.1) is 22.0 Å². The molecule has 0 atom stereocenters. The number of likely N-dealkylation sites (tertiary alicyclic amines) is 1. The van der Waals surface area contributed by atoms with Gasteiger partial charge in [0, 0.05) is 18.7 Å². The fourth-order valence-corrected chi connectivity index (χ4v) is 2.77. The van der Waals surface area contributed by atoms with Crippen LogP contribution in [0.5, 0.6) is 0 Å². The second-order valence-electron chi connectivity index (χ2n) is 6.06. The Balaban J connectivity index is 1.86. The Bertz CT molecular complexity index is 670. The number of halogens is 2. The lowest BCUT2D eigenvalue weighted by atomic mass is 9.80. The van der Waals surface area contributed by atoms with Gasteiger partial charge in [-0.25, -0.2) is 0 Å². The van der Waals surface area contributed by atoms with Crippen LogP contribution < -0.4 is 5.32 Å². The molecular weight excluding hydrogens is 355 g/mol. The minimum absolute atomic E-state index is 0.150. The van der Waals surface area contributed by atoms with E-state index in [2.05, 4.69) is 5.32 Å². The zero-order valence-corrected chi connectivity index (χ0v) is 14.7. The van der Waals surface area contributed by atoms with E-state index in [-0.39, 0.29) is 17.5 Å². The number of hydrogen-bond donors (Lipinski definition) is 2. The number of piperidine rings is 1. The van der Waals surface area contributed by atoms with Gasteiger partial charge in [0.2, 0.25) is 5.91 Å². The zero-order chi connectivity index (χ0) is 17.9. The van der Waals surface area contributed by atoms with Crippen molar-refractivity contribution in [1.82, 2.24) is 10.2 Å². The average Bonchev–Trinajstić information content (AvgIpc) is 2.55. The van der Waals surface area contributed by atoms with E-state index in [0.717, 1.165) is 0 Å². The molecule has 1 saturated heterocycles. The van der Waals surface area contributed by atoms with Crippen molar-refractivity contribution in [2.75, 3.05) is 19.6 Å². The van der Waals surface area contributed by atoms with Gasteiger partial charge in [0.25, 0.3) is 5.91 Å². The molecule has 0 bridgehead atoms. The predicted molar refractivity (Wildman–Crippen MR) is 90.4 cm³/mol. The first-order valence-corrected chi connectivity index (χ1v) is 8.23. The summed E-state index contributed by atoms with van der Waals surface area (Å²) in [5, 5.41) is 12.3. The Morgan fingerprint density at radius 2 is 1.83 bits per heavy atom. The molecular formula is C16H18Cl2N2O4. The summed E-state index contributed by atoms with van der Waals surface area (Å²) in [6.45, 7) is 2.26. The van der Waals surface area contributed by atoms with Crippen molar-refractivity contribution in [3.8, 4) is 0 Å². The van der Waals surface area contributed by atoms with Gasteiger partial charge < -0.3 is 15.3 Å². The maximum atomic E-state index is 12.2. The summed E-state index contributed by atoms with van der Waals surface area (Å²) in [4.78, 5) is 36.9. The number of amides is 2. The highest BCUT2D eigenvalue weighted by atomic mass is 35.5. The minimum atomic E-state index is -0.845. The molecule has 2 rings (SSSR count). The maximum absolute atomic E-state index is 12.2. The first-order valence-electron chi connectivity index (χ1n) is 7.47.